The van der Waals surface area contributed by atoms with E-state index in [1.165, 1.54) is 12.4 Å². The fourth-order valence-corrected chi connectivity index (χ4v) is 5.33. The Morgan fingerprint density at radius 3 is 2.50 bits per heavy atom. The standard InChI is InChI=1S/C22H21Cl2F3N6O/c23-15-2-1-3-16(6-15)34-21-30-19(31-33(21)11-22(25,26)27)7-17-13-4-5-14(17)10-32(9-13)20-8-18(24)28-12-29-20/h1-3,6,8,12-14,17H,4-5,7,9-11H2. The molecule has 2 aromatic heterocycles. The number of aromatic nitrogens is 5. The van der Waals surface area contributed by atoms with Crippen molar-refractivity contribution in [2.24, 2.45) is 17.8 Å². The first kappa shape index (κ1) is 23.2. The number of fused-ring (bicyclic) bond motifs is 2. The molecule has 1 aromatic carbocycles. The van der Waals surface area contributed by atoms with E-state index in [-0.39, 0.29) is 11.9 Å². The first-order valence-electron chi connectivity index (χ1n) is 10.9. The lowest BCUT2D eigenvalue weighted by Crippen LogP contribution is -2.43. The van der Waals surface area contributed by atoms with E-state index in [9.17, 15) is 13.2 Å². The van der Waals surface area contributed by atoms with Gasteiger partial charge in [0.2, 0.25) is 0 Å². The van der Waals surface area contributed by atoms with Gasteiger partial charge in [-0.25, -0.2) is 14.6 Å². The highest BCUT2D eigenvalue weighted by Gasteiger charge is 2.43. The van der Waals surface area contributed by atoms with E-state index in [4.69, 9.17) is 27.9 Å². The van der Waals surface area contributed by atoms with Gasteiger partial charge in [-0.2, -0.15) is 23.3 Å². The van der Waals surface area contributed by atoms with Crippen molar-refractivity contribution in [3.8, 4) is 11.8 Å². The van der Waals surface area contributed by atoms with E-state index in [1.807, 2.05) is 0 Å². The lowest BCUT2D eigenvalue weighted by atomic mass is 9.82. The molecule has 34 heavy (non-hydrogen) atoms. The van der Waals surface area contributed by atoms with Crippen molar-refractivity contribution < 1.29 is 17.9 Å². The molecule has 2 unspecified atom stereocenters. The topological polar surface area (TPSA) is 69.0 Å². The number of ether oxygens (including phenoxy) is 1. The molecule has 2 fully saturated rings. The number of nitrogens with zero attached hydrogens (tertiary/aromatic N) is 6. The fraction of sp³-hybridized carbons (Fsp3) is 0.455. The molecule has 0 spiro atoms. The van der Waals surface area contributed by atoms with Crippen molar-refractivity contribution in [1.29, 1.82) is 0 Å². The molecule has 3 heterocycles. The summed E-state index contributed by atoms with van der Waals surface area (Å²) in [4.78, 5) is 14.8. The second-order valence-corrected chi connectivity index (χ2v) is 9.54. The van der Waals surface area contributed by atoms with Crippen molar-refractivity contribution in [2.75, 3.05) is 18.0 Å². The van der Waals surface area contributed by atoms with Gasteiger partial charge in [-0.15, -0.1) is 0 Å². The van der Waals surface area contributed by atoms with Crippen LogP contribution in [0.15, 0.2) is 36.7 Å². The predicted molar refractivity (Wildman–Crippen MR) is 120 cm³/mol. The van der Waals surface area contributed by atoms with E-state index in [0.717, 1.165) is 36.4 Å². The van der Waals surface area contributed by atoms with Crippen molar-refractivity contribution in [2.45, 2.75) is 32.0 Å². The van der Waals surface area contributed by atoms with Gasteiger partial charge in [-0.05, 0) is 48.8 Å². The lowest BCUT2D eigenvalue weighted by Gasteiger charge is -2.38. The summed E-state index contributed by atoms with van der Waals surface area (Å²) in [5.74, 6) is 2.43. The second-order valence-electron chi connectivity index (χ2n) is 8.71. The summed E-state index contributed by atoms with van der Waals surface area (Å²) in [6, 6.07) is 7.98. The number of rotatable bonds is 6. The van der Waals surface area contributed by atoms with Gasteiger partial charge in [0, 0.05) is 30.6 Å². The van der Waals surface area contributed by atoms with Crippen molar-refractivity contribution in [3.63, 3.8) is 0 Å². The summed E-state index contributed by atoms with van der Waals surface area (Å²) in [5, 5.41) is 4.97. The number of benzene rings is 1. The number of halogens is 5. The maximum absolute atomic E-state index is 13.2. The van der Waals surface area contributed by atoms with Crippen LogP contribution in [0.5, 0.6) is 11.8 Å². The number of anilines is 1. The largest absolute Gasteiger partial charge is 0.424 e. The zero-order valence-corrected chi connectivity index (χ0v) is 19.4. The molecule has 0 N–H and O–H groups in total. The molecule has 1 aliphatic carbocycles. The Hall–Kier alpha value is -2.59. The molecule has 180 valence electrons. The van der Waals surface area contributed by atoms with Crippen LogP contribution >= 0.6 is 23.2 Å². The number of hydrogen-bond acceptors (Lipinski definition) is 6. The highest BCUT2D eigenvalue weighted by atomic mass is 35.5. The second kappa shape index (κ2) is 9.22. The van der Waals surface area contributed by atoms with Crippen LogP contribution < -0.4 is 9.64 Å². The van der Waals surface area contributed by atoms with E-state index in [1.54, 1.807) is 24.3 Å². The third-order valence-electron chi connectivity index (χ3n) is 6.41. The van der Waals surface area contributed by atoms with Gasteiger partial charge in [0.25, 0.3) is 0 Å². The van der Waals surface area contributed by atoms with Crippen LogP contribution in [0, 0.1) is 17.8 Å². The molecule has 1 saturated heterocycles. The van der Waals surface area contributed by atoms with Gasteiger partial charge in [-0.3, -0.25) is 0 Å². The first-order chi connectivity index (χ1) is 16.2. The van der Waals surface area contributed by atoms with E-state index >= 15 is 0 Å². The number of hydrogen-bond donors (Lipinski definition) is 0. The van der Waals surface area contributed by atoms with Crippen LogP contribution in [0.25, 0.3) is 0 Å². The molecule has 12 heteroatoms. The third kappa shape index (κ3) is 5.22. The predicted octanol–water partition coefficient (Wildman–Crippen LogP) is 5.43. The fourth-order valence-electron chi connectivity index (χ4n) is 5.01. The van der Waals surface area contributed by atoms with Crippen LogP contribution in [0.3, 0.4) is 0 Å². The van der Waals surface area contributed by atoms with E-state index in [0.29, 0.717) is 40.0 Å². The maximum atomic E-state index is 13.2. The summed E-state index contributed by atoms with van der Waals surface area (Å²) in [6.07, 6.45) is -0.436. The van der Waals surface area contributed by atoms with Crippen LogP contribution in [0.2, 0.25) is 10.2 Å². The Kier molecular flexibility index (Phi) is 6.28. The van der Waals surface area contributed by atoms with Gasteiger partial charge in [-0.1, -0.05) is 29.3 Å². The zero-order valence-electron chi connectivity index (χ0n) is 17.9. The average molecular weight is 513 g/mol. The molecule has 0 radical (unpaired) electrons. The minimum absolute atomic E-state index is 0.199. The van der Waals surface area contributed by atoms with Crippen molar-refractivity contribution >= 4 is 29.0 Å². The van der Waals surface area contributed by atoms with Gasteiger partial charge in [0.15, 0.2) is 5.82 Å². The Morgan fingerprint density at radius 1 is 1.06 bits per heavy atom. The maximum Gasteiger partial charge on any atom is 0.408 e. The summed E-state index contributed by atoms with van der Waals surface area (Å²) in [6.45, 7) is 0.308. The molecule has 1 aliphatic heterocycles. The Morgan fingerprint density at radius 2 is 1.82 bits per heavy atom. The smallest absolute Gasteiger partial charge is 0.408 e. The van der Waals surface area contributed by atoms with Crippen LogP contribution in [-0.4, -0.2) is 44.0 Å². The van der Waals surface area contributed by atoms with Gasteiger partial charge in [0.1, 0.15) is 29.6 Å². The van der Waals surface area contributed by atoms with Crippen LogP contribution in [-0.2, 0) is 13.0 Å². The normalized spacial score (nSPS) is 22.3. The Labute approximate surface area is 203 Å². The summed E-state index contributed by atoms with van der Waals surface area (Å²) < 4.78 is 45.9. The lowest BCUT2D eigenvalue weighted by molar-refractivity contribution is -0.143. The van der Waals surface area contributed by atoms with Crippen LogP contribution in [0.4, 0.5) is 19.0 Å². The summed E-state index contributed by atoms with van der Waals surface area (Å²) in [5.41, 5.74) is 0. The van der Waals surface area contributed by atoms with Gasteiger partial charge < -0.3 is 9.64 Å². The summed E-state index contributed by atoms with van der Waals surface area (Å²) in [7, 11) is 0. The first-order valence-corrected chi connectivity index (χ1v) is 11.7. The molecular formula is C22H21Cl2F3N6O. The molecule has 3 aromatic rings. The SMILES string of the molecule is FC(F)(F)Cn1nc(CC2C3CCC2CN(c2cc(Cl)ncn2)C3)nc1Oc1cccc(Cl)c1. The summed E-state index contributed by atoms with van der Waals surface area (Å²) >= 11 is 12.0. The molecule has 2 aliphatic rings. The molecular weight excluding hydrogens is 492 g/mol. The van der Waals surface area contributed by atoms with Crippen molar-refractivity contribution in [1.82, 2.24) is 24.7 Å². The molecule has 7 nitrogen and oxygen atoms in total. The minimum atomic E-state index is -4.46. The quantitative estimate of drug-likeness (QED) is 0.410. The zero-order chi connectivity index (χ0) is 23.9. The Bertz CT molecular complexity index is 1160. The number of piperidine rings is 1. The minimum Gasteiger partial charge on any atom is -0.424 e. The number of alkyl halides is 3. The van der Waals surface area contributed by atoms with Crippen LogP contribution in [0.1, 0.15) is 18.7 Å². The Balaban J connectivity index is 1.34. The third-order valence-corrected chi connectivity index (χ3v) is 6.85. The molecule has 0 amide bonds. The average Bonchev–Trinajstić information content (AvgIpc) is 3.21. The van der Waals surface area contributed by atoms with Crippen molar-refractivity contribution in [3.05, 3.63) is 52.7 Å². The molecule has 2 bridgehead atoms. The molecule has 5 rings (SSSR count). The monoisotopic (exact) mass is 512 g/mol. The van der Waals surface area contributed by atoms with Gasteiger partial charge >= 0.3 is 12.2 Å². The highest BCUT2D eigenvalue weighted by Crippen LogP contribution is 2.44. The van der Waals surface area contributed by atoms with E-state index < -0.39 is 12.7 Å². The van der Waals surface area contributed by atoms with Gasteiger partial charge in [0.05, 0.1) is 0 Å². The molecule has 1 saturated carbocycles. The van der Waals surface area contributed by atoms with E-state index in [2.05, 4.69) is 25.0 Å². The molecule has 2 atom stereocenters. The highest BCUT2D eigenvalue weighted by molar-refractivity contribution is 6.30.